The molecule has 106 valence electrons. The summed E-state index contributed by atoms with van der Waals surface area (Å²) < 4.78 is 22.0. The molecule has 1 saturated heterocycles. The number of methoxy groups -OCH3 is 1. The minimum atomic E-state index is -1.02. The first-order valence-corrected chi connectivity index (χ1v) is 10.2. The van der Waals surface area contributed by atoms with Crippen LogP contribution in [0.4, 0.5) is 0 Å². The maximum absolute atomic E-state index is 5.65. The molecule has 18 heavy (non-hydrogen) atoms. The van der Waals surface area contributed by atoms with Gasteiger partial charge >= 0.3 is 0 Å². The highest BCUT2D eigenvalue weighted by molar-refractivity contribution is 6.76. The molecule has 0 radical (unpaired) electrons. The summed E-state index contributed by atoms with van der Waals surface area (Å²) in [5.41, 5.74) is 0. The van der Waals surface area contributed by atoms with Gasteiger partial charge in [-0.05, 0) is 6.04 Å². The van der Waals surface area contributed by atoms with Gasteiger partial charge < -0.3 is 18.9 Å². The molecule has 3 atom stereocenters. The lowest BCUT2D eigenvalue weighted by molar-refractivity contribution is -0.181. The van der Waals surface area contributed by atoms with Crippen molar-refractivity contribution in [3.8, 4) is 0 Å². The molecule has 1 rings (SSSR count). The van der Waals surface area contributed by atoms with Gasteiger partial charge in [-0.25, -0.2) is 0 Å². The van der Waals surface area contributed by atoms with E-state index in [-0.39, 0.29) is 18.5 Å². The van der Waals surface area contributed by atoms with Crippen LogP contribution < -0.4 is 0 Å². The maximum Gasteiger partial charge on any atom is 0.184 e. The zero-order valence-corrected chi connectivity index (χ0v) is 13.0. The minimum absolute atomic E-state index is 0.0157. The highest BCUT2D eigenvalue weighted by atomic mass is 28.3. The van der Waals surface area contributed by atoms with Gasteiger partial charge in [0.25, 0.3) is 0 Å². The Balaban J connectivity index is 2.16. The minimum Gasteiger partial charge on any atom is -0.356 e. The van der Waals surface area contributed by atoms with Crippen LogP contribution in [0.15, 0.2) is 12.7 Å². The van der Waals surface area contributed by atoms with Crippen LogP contribution in [-0.2, 0) is 18.9 Å². The van der Waals surface area contributed by atoms with Crippen molar-refractivity contribution in [3.05, 3.63) is 12.7 Å². The predicted molar refractivity (Wildman–Crippen MR) is 74.3 cm³/mol. The number of hydrogen-bond donors (Lipinski definition) is 0. The van der Waals surface area contributed by atoms with E-state index in [1.54, 1.807) is 13.2 Å². The Bertz CT molecular complexity index is 252. The Morgan fingerprint density at radius 3 is 2.67 bits per heavy atom. The van der Waals surface area contributed by atoms with E-state index >= 15 is 0 Å². The zero-order chi connectivity index (χ0) is 13.6. The third-order valence-corrected chi connectivity index (χ3v) is 4.64. The molecule has 0 bridgehead atoms. The van der Waals surface area contributed by atoms with Crippen molar-refractivity contribution < 1.29 is 18.9 Å². The molecular formula is C13H26O4Si. The highest BCUT2D eigenvalue weighted by Gasteiger charge is 2.34. The summed E-state index contributed by atoms with van der Waals surface area (Å²) >= 11 is 0. The summed E-state index contributed by atoms with van der Waals surface area (Å²) in [6, 6.07) is 1.15. The molecule has 0 spiro atoms. The fourth-order valence-electron chi connectivity index (χ4n) is 1.73. The molecule has 0 aliphatic carbocycles. The predicted octanol–water partition coefficient (Wildman–Crippen LogP) is 2.63. The van der Waals surface area contributed by atoms with Crippen LogP contribution in [0.3, 0.4) is 0 Å². The van der Waals surface area contributed by atoms with E-state index in [0.717, 1.165) is 19.1 Å². The summed E-state index contributed by atoms with van der Waals surface area (Å²) in [5, 5.41) is 0. The summed E-state index contributed by atoms with van der Waals surface area (Å²) in [4.78, 5) is 0. The summed E-state index contributed by atoms with van der Waals surface area (Å²) in [6.45, 7) is 11.8. The van der Waals surface area contributed by atoms with Crippen LogP contribution >= 0.6 is 0 Å². The van der Waals surface area contributed by atoms with Crippen molar-refractivity contribution >= 4 is 8.07 Å². The van der Waals surface area contributed by atoms with E-state index in [1.807, 2.05) is 0 Å². The van der Waals surface area contributed by atoms with Gasteiger partial charge in [0.1, 0.15) is 12.9 Å². The van der Waals surface area contributed by atoms with Crippen LogP contribution in [0.1, 0.15) is 6.42 Å². The van der Waals surface area contributed by atoms with Gasteiger partial charge in [0, 0.05) is 28.2 Å². The number of rotatable bonds is 8. The average molecular weight is 274 g/mol. The third-order valence-electron chi connectivity index (χ3n) is 2.93. The Morgan fingerprint density at radius 1 is 1.39 bits per heavy atom. The van der Waals surface area contributed by atoms with E-state index in [1.165, 1.54) is 0 Å². The third kappa shape index (κ3) is 5.62. The fraction of sp³-hybridized carbons (Fsp3) is 0.846. The van der Waals surface area contributed by atoms with Crippen LogP contribution in [0.5, 0.6) is 0 Å². The smallest absolute Gasteiger partial charge is 0.184 e. The molecule has 1 fully saturated rings. The van der Waals surface area contributed by atoms with Crippen LogP contribution in [0.25, 0.3) is 0 Å². The summed E-state index contributed by atoms with van der Waals surface area (Å²) in [6.07, 6.45) is 2.20. The average Bonchev–Trinajstić information content (AvgIpc) is 2.69. The molecule has 0 aromatic carbocycles. The number of hydrogen-bond acceptors (Lipinski definition) is 4. The molecule has 0 aromatic heterocycles. The molecule has 0 saturated carbocycles. The van der Waals surface area contributed by atoms with E-state index in [0.29, 0.717) is 6.79 Å². The van der Waals surface area contributed by atoms with Crippen molar-refractivity contribution in [1.29, 1.82) is 0 Å². The molecule has 1 aliphatic rings. The van der Waals surface area contributed by atoms with Crippen LogP contribution in [-0.4, -0.2) is 47.1 Å². The topological polar surface area (TPSA) is 36.9 Å². The first-order valence-electron chi connectivity index (χ1n) is 6.46. The molecule has 0 N–H and O–H groups in total. The number of ether oxygens (including phenoxy) is 4. The molecule has 0 aromatic rings. The first kappa shape index (κ1) is 15.9. The monoisotopic (exact) mass is 274 g/mol. The van der Waals surface area contributed by atoms with Crippen LogP contribution in [0, 0.1) is 0 Å². The van der Waals surface area contributed by atoms with Crippen molar-refractivity contribution in [1.82, 2.24) is 0 Å². The van der Waals surface area contributed by atoms with E-state index in [4.69, 9.17) is 18.9 Å². The van der Waals surface area contributed by atoms with E-state index in [9.17, 15) is 0 Å². The van der Waals surface area contributed by atoms with Crippen molar-refractivity contribution in [2.75, 3.05) is 20.5 Å². The van der Waals surface area contributed by atoms with Gasteiger partial charge in [-0.3, -0.25) is 0 Å². The molecule has 1 heterocycles. The molecule has 5 heteroatoms. The molecule has 4 nitrogen and oxygen atoms in total. The highest BCUT2D eigenvalue weighted by Crippen LogP contribution is 2.24. The Kier molecular flexibility index (Phi) is 6.52. The lowest BCUT2D eigenvalue weighted by atomic mass is 10.2. The standard InChI is InChI=1S/C13H26O4Si/c1-6-11-9-12(13(14-2)17-11)16-10-15-7-8-18(3,4)5/h6,11-13H,1,7-10H2,2-5H3/t11-,12-,13?/m1/s1. The van der Waals surface area contributed by atoms with E-state index in [2.05, 4.69) is 26.2 Å². The fourth-order valence-corrected chi connectivity index (χ4v) is 2.49. The second kappa shape index (κ2) is 7.40. The summed E-state index contributed by atoms with van der Waals surface area (Å²) in [5.74, 6) is 0. The quantitative estimate of drug-likeness (QED) is 0.295. The second-order valence-corrected chi connectivity index (χ2v) is 11.4. The normalized spacial score (nSPS) is 28.6. The van der Waals surface area contributed by atoms with Crippen molar-refractivity contribution in [2.24, 2.45) is 0 Å². The van der Waals surface area contributed by atoms with Gasteiger partial charge in [-0.1, -0.05) is 25.7 Å². The first-order chi connectivity index (χ1) is 8.46. The van der Waals surface area contributed by atoms with Gasteiger partial charge in [0.05, 0.1) is 6.10 Å². The van der Waals surface area contributed by atoms with Crippen LogP contribution in [0.2, 0.25) is 25.7 Å². The summed E-state index contributed by atoms with van der Waals surface area (Å²) in [7, 11) is 0.605. The van der Waals surface area contributed by atoms with Crippen molar-refractivity contribution in [2.45, 2.75) is 50.6 Å². The SMILES string of the molecule is C=C[C@@H]1C[C@@H](OCOCC[Si](C)(C)C)C(OC)O1. The lowest BCUT2D eigenvalue weighted by Gasteiger charge is -2.19. The Labute approximate surface area is 111 Å². The van der Waals surface area contributed by atoms with Crippen molar-refractivity contribution in [3.63, 3.8) is 0 Å². The second-order valence-electron chi connectivity index (χ2n) is 5.79. The van der Waals surface area contributed by atoms with Gasteiger partial charge in [0.15, 0.2) is 6.29 Å². The Hall–Kier alpha value is -0.203. The molecular weight excluding hydrogens is 248 g/mol. The molecule has 0 amide bonds. The maximum atomic E-state index is 5.65. The van der Waals surface area contributed by atoms with Gasteiger partial charge in [-0.2, -0.15) is 0 Å². The lowest BCUT2D eigenvalue weighted by Crippen LogP contribution is -2.27. The Morgan fingerprint density at radius 2 is 2.11 bits per heavy atom. The molecule has 1 aliphatic heterocycles. The van der Waals surface area contributed by atoms with Gasteiger partial charge in [0.2, 0.25) is 0 Å². The largest absolute Gasteiger partial charge is 0.356 e. The zero-order valence-electron chi connectivity index (χ0n) is 12.0. The van der Waals surface area contributed by atoms with Gasteiger partial charge in [-0.15, -0.1) is 6.58 Å². The van der Waals surface area contributed by atoms with E-state index < -0.39 is 8.07 Å². The molecule has 1 unspecified atom stereocenters.